The topological polar surface area (TPSA) is 78.9 Å². The summed E-state index contributed by atoms with van der Waals surface area (Å²) < 4.78 is 16.8. The standard InChI is InChI=1S/C61H98O6/c1-4-7-10-13-16-19-22-25-28-29-30-31-34-36-39-42-45-48-51-54-60(63)66-57-58(67-61(64)55-52-49-46-43-40-37-33-27-24-21-18-15-12-9-6-3)56-65-59(62)53-50-47-44-41-38-35-32-26-23-20-17-14-11-8-5-2/h9,12,16-21,25-28,30-33,36,39-40,43,58H,4-8,10-11,13-15,22-24,29,34-35,37-38,41-42,44-57H2,1-3H3/b12-9-,19-16-,20-17-,21-18-,28-25-,31-30-,32-26-,33-27-,39-36-,43-40-/t58-/m0/s1. The largest absolute Gasteiger partial charge is 0.462 e. The number of allylic oxidation sites excluding steroid dienone is 20. The quantitative estimate of drug-likeness (QED) is 0.0262. The fourth-order valence-electron chi connectivity index (χ4n) is 6.86. The number of rotatable bonds is 47. The van der Waals surface area contributed by atoms with Gasteiger partial charge in [0.15, 0.2) is 6.10 Å². The molecule has 378 valence electrons. The van der Waals surface area contributed by atoms with Crippen LogP contribution in [-0.2, 0) is 28.6 Å². The van der Waals surface area contributed by atoms with E-state index in [1.807, 2.05) is 0 Å². The van der Waals surface area contributed by atoms with Crippen molar-refractivity contribution < 1.29 is 28.6 Å². The number of ether oxygens (including phenoxy) is 3. The molecule has 0 aromatic carbocycles. The normalized spacial score (nSPS) is 13.1. The van der Waals surface area contributed by atoms with Crippen LogP contribution in [-0.4, -0.2) is 37.2 Å². The molecule has 6 nitrogen and oxygen atoms in total. The van der Waals surface area contributed by atoms with Crippen molar-refractivity contribution in [3.05, 3.63) is 122 Å². The maximum atomic E-state index is 12.8. The lowest BCUT2D eigenvalue weighted by Gasteiger charge is -2.18. The van der Waals surface area contributed by atoms with Crippen molar-refractivity contribution >= 4 is 17.9 Å². The third kappa shape index (κ3) is 52.6. The highest BCUT2D eigenvalue weighted by molar-refractivity contribution is 5.71. The summed E-state index contributed by atoms with van der Waals surface area (Å²) in [6.07, 6.45) is 74.7. The average Bonchev–Trinajstić information content (AvgIpc) is 3.33. The molecule has 0 saturated heterocycles. The maximum Gasteiger partial charge on any atom is 0.306 e. The molecule has 0 bridgehead atoms. The van der Waals surface area contributed by atoms with Gasteiger partial charge in [0, 0.05) is 19.3 Å². The van der Waals surface area contributed by atoms with Crippen molar-refractivity contribution in [2.75, 3.05) is 13.2 Å². The minimum Gasteiger partial charge on any atom is -0.462 e. The van der Waals surface area contributed by atoms with Crippen LogP contribution in [0.15, 0.2) is 122 Å². The van der Waals surface area contributed by atoms with Gasteiger partial charge < -0.3 is 14.2 Å². The monoisotopic (exact) mass is 927 g/mol. The van der Waals surface area contributed by atoms with E-state index < -0.39 is 6.10 Å². The molecule has 0 aromatic rings. The summed E-state index contributed by atoms with van der Waals surface area (Å²) in [7, 11) is 0. The zero-order valence-corrected chi connectivity index (χ0v) is 43.1. The van der Waals surface area contributed by atoms with Crippen LogP contribution in [0.2, 0.25) is 0 Å². The van der Waals surface area contributed by atoms with Gasteiger partial charge in [-0.05, 0) is 135 Å². The predicted octanol–water partition coefficient (Wildman–Crippen LogP) is 18.1. The number of esters is 3. The third-order valence-electron chi connectivity index (χ3n) is 10.9. The van der Waals surface area contributed by atoms with E-state index in [0.29, 0.717) is 19.3 Å². The van der Waals surface area contributed by atoms with Crippen molar-refractivity contribution in [1.82, 2.24) is 0 Å². The summed E-state index contributed by atoms with van der Waals surface area (Å²) >= 11 is 0. The van der Waals surface area contributed by atoms with Crippen LogP contribution in [0.5, 0.6) is 0 Å². The van der Waals surface area contributed by atoms with E-state index in [-0.39, 0.29) is 37.5 Å². The first-order valence-electron chi connectivity index (χ1n) is 27.0. The number of carbonyl (C=O) groups excluding carboxylic acids is 3. The first-order chi connectivity index (χ1) is 33.0. The molecule has 0 spiro atoms. The molecule has 0 aliphatic rings. The van der Waals surface area contributed by atoms with Crippen LogP contribution in [0, 0.1) is 0 Å². The van der Waals surface area contributed by atoms with Crippen LogP contribution in [0.3, 0.4) is 0 Å². The van der Waals surface area contributed by atoms with Gasteiger partial charge in [0.25, 0.3) is 0 Å². The molecule has 0 saturated carbocycles. The first-order valence-corrected chi connectivity index (χ1v) is 27.0. The molecule has 67 heavy (non-hydrogen) atoms. The van der Waals surface area contributed by atoms with Gasteiger partial charge in [-0.25, -0.2) is 0 Å². The van der Waals surface area contributed by atoms with Crippen molar-refractivity contribution in [2.24, 2.45) is 0 Å². The number of unbranched alkanes of at least 4 members (excludes halogenated alkanes) is 16. The van der Waals surface area contributed by atoms with E-state index in [1.54, 1.807) is 0 Å². The Morgan fingerprint density at radius 1 is 0.313 bits per heavy atom. The summed E-state index contributed by atoms with van der Waals surface area (Å²) in [6.45, 7) is 6.38. The number of carbonyl (C=O) groups is 3. The highest BCUT2D eigenvalue weighted by Crippen LogP contribution is 2.12. The molecule has 0 fully saturated rings. The minimum atomic E-state index is -0.822. The SMILES string of the molecule is CC/C=C\C/C=C\C/C=C\C/C=C\CCCCC(=O)O[C@H](COC(=O)CCCCC/C=C\C/C=C\C/C=C\C/C=C\CCCCC)COC(=O)CCCCCCC/C=C\C/C=C\CCCCC. The van der Waals surface area contributed by atoms with E-state index in [4.69, 9.17) is 14.2 Å². The predicted molar refractivity (Wildman–Crippen MR) is 288 cm³/mol. The summed E-state index contributed by atoms with van der Waals surface area (Å²) in [5, 5.41) is 0. The Morgan fingerprint density at radius 2 is 0.582 bits per heavy atom. The summed E-state index contributed by atoms with van der Waals surface area (Å²) in [5.74, 6) is -1.01. The molecule has 1 atom stereocenters. The molecule has 0 aliphatic heterocycles. The molecule has 0 unspecified atom stereocenters. The van der Waals surface area contributed by atoms with Crippen LogP contribution in [0.25, 0.3) is 0 Å². The Hall–Kier alpha value is -4.19. The Morgan fingerprint density at radius 3 is 0.955 bits per heavy atom. The van der Waals surface area contributed by atoms with Crippen LogP contribution in [0.1, 0.15) is 226 Å². The summed E-state index contributed by atoms with van der Waals surface area (Å²) in [6, 6.07) is 0. The van der Waals surface area contributed by atoms with Crippen molar-refractivity contribution in [3.63, 3.8) is 0 Å². The van der Waals surface area contributed by atoms with Crippen LogP contribution in [0.4, 0.5) is 0 Å². The Balaban J connectivity index is 4.55. The zero-order chi connectivity index (χ0) is 48.6. The molecule has 0 heterocycles. The summed E-state index contributed by atoms with van der Waals surface area (Å²) in [4.78, 5) is 38.1. The van der Waals surface area contributed by atoms with Crippen molar-refractivity contribution in [1.29, 1.82) is 0 Å². The lowest BCUT2D eigenvalue weighted by atomic mass is 10.1. The van der Waals surface area contributed by atoms with Crippen LogP contribution >= 0.6 is 0 Å². The van der Waals surface area contributed by atoms with Gasteiger partial charge in [-0.2, -0.15) is 0 Å². The molecule has 0 N–H and O–H groups in total. The van der Waals surface area contributed by atoms with E-state index in [1.165, 1.54) is 51.4 Å². The minimum absolute atomic E-state index is 0.116. The highest BCUT2D eigenvalue weighted by Gasteiger charge is 2.19. The molecular weight excluding hydrogens is 829 g/mol. The number of hydrogen-bond acceptors (Lipinski definition) is 6. The zero-order valence-electron chi connectivity index (χ0n) is 43.1. The molecule has 0 aromatic heterocycles. The van der Waals surface area contributed by atoms with Gasteiger partial charge >= 0.3 is 17.9 Å². The van der Waals surface area contributed by atoms with Gasteiger partial charge in [0.2, 0.25) is 0 Å². The van der Waals surface area contributed by atoms with Gasteiger partial charge in [0.1, 0.15) is 13.2 Å². The Bertz CT molecular complexity index is 1440. The summed E-state index contributed by atoms with van der Waals surface area (Å²) in [5.41, 5.74) is 0. The second-order valence-electron chi connectivity index (χ2n) is 17.4. The van der Waals surface area contributed by atoms with E-state index in [0.717, 1.165) is 128 Å². The highest BCUT2D eigenvalue weighted by atomic mass is 16.6. The second kappa shape index (κ2) is 54.4. The molecule has 0 aliphatic carbocycles. The number of hydrogen-bond donors (Lipinski definition) is 0. The Kier molecular flexibility index (Phi) is 51.0. The van der Waals surface area contributed by atoms with Gasteiger partial charge in [-0.15, -0.1) is 0 Å². The maximum absolute atomic E-state index is 12.8. The lowest BCUT2D eigenvalue weighted by molar-refractivity contribution is -0.167. The van der Waals surface area contributed by atoms with E-state index >= 15 is 0 Å². The lowest BCUT2D eigenvalue weighted by Crippen LogP contribution is -2.30. The van der Waals surface area contributed by atoms with Gasteiger partial charge in [0.05, 0.1) is 0 Å². The first kappa shape index (κ1) is 62.8. The molecule has 0 rings (SSSR count). The molecule has 6 heteroatoms. The fraction of sp³-hybridized carbons (Fsp3) is 0.623. The van der Waals surface area contributed by atoms with Crippen LogP contribution < -0.4 is 0 Å². The van der Waals surface area contributed by atoms with E-state index in [2.05, 4.69) is 142 Å². The second-order valence-corrected chi connectivity index (χ2v) is 17.4. The third-order valence-corrected chi connectivity index (χ3v) is 10.9. The Labute approximate surface area is 412 Å². The molecular formula is C61H98O6. The average molecular weight is 927 g/mol. The smallest absolute Gasteiger partial charge is 0.306 e. The van der Waals surface area contributed by atoms with Crippen molar-refractivity contribution in [2.45, 2.75) is 232 Å². The van der Waals surface area contributed by atoms with E-state index in [9.17, 15) is 14.4 Å². The molecule has 0 amide bonds. The van der Waals surface area contributed by atoms with Crippen molar-refractivity contribution in [3.8, 4) is 0 Å². The van der Waals surface area contributed by atoms with Gasteiger partial charge in [-0.3, -0.25) is 14.4 Å². The molecule has 0 radical (unpaired) electrons. The van der Waals surface area contributed by atoms with Gasteiger partial charge in [-0.1, -0.05) is 194 Å². The fourth-order valence-corrected chi connectivity index (χ4v) is 6.86.